The van der Waals surface area contributed by atoms with Crippen molar-refractivity contribution in [3.8, 4) is 23.0 Å². The van der Waals surface area contributed by atoms with Crippen molar-refractivity contribution in [2.24, 2.45) is 0 Å². The predicted molar refractivity (Wildman–Crippen MR) is 85.9 cm³/mol. The Bertz CT molecular complexity index is 660. The van der Waals surface area contributed by atoms with E-state index in [0.29, 0.717) is 12.3 Å². The number of methoxy groups -OCH3 is 2. The van der Waals surface area contributed by atoms with Gasteiger partial charge in [0.1, 0.15) is 29.1 Å². The molecule has 1 saturated heterocycles. The van der Waals surface area contributed by atoms with Gasteiger partial charge in [-0.2, -0.15) is 0 Å². The first-order chi connectivity index (χ1) is 11.2. The van der Waals surface area contributed by atoms with Crippen LogP contribution in [0.2, 0.25) is 0 Å². The maximum Gasteiger partial charge on any atom is 0.133 e. The first kappa shape index (κ1) is 15.5. The number of ether oxygens (including phenoxy) is 3. The maximum absolute atomic E-state index is 10.2. The summed E-state index contributed by atoms with van der Waals surface area (Å²) in [6, 6.07) is 12.5. The van der Waals surface area contributed by atoms with Gasteiger partial charge in [0.25, 0.3) is 0 Å². The van der Waals surface area contributed by atoms with Crippen LogP contribution in [0, 0.1) is 0 Å². The first-order valence-electron chi connectivity index (χ1n) is 7.37. The largest absolute Gasteiger partial charge is 0.507 e. The Morgan fingerprint density at radius 3 is 2.26 bits per heavy atom. The van der Waals surface area contributed by atoms with Gasteiger partial charge >= 0.3 is 0 Å². The first-order valence-corrected chi connectivity index (χ1v) is 7.37. The van der Waals surface area contributed by atoms with Crippen LogP contribution in [0.25, 0.3) is 0 Å². The van der Waals surface area contributed by atoms with Crippen molar-refractivity contribution in [3.05, 3.63) is 48.0 Å². The van der Waals surface area contributed by atoms with Crippen molar-refractivity contribution in [3.63, 3.8) is 0 Å². The van der Waals surface area contributed by atoms with Gasteiger partial charge in [-0.05, 0) is 36.4 Å². The van der Waals surface area contributed by atoms with Gasteiger partial charge in [0.15, 0.2) is 0 Å². The molecule has 2 unspecified atom stereocenters. The number of rotatable bonds is 5. The van der Waals surface area contributed by atoms with Crippen LogP contribution in [0.15, 0.2) is 42.5 Å². The topological polar surface area (TPSA) is 72.0 Å². The highest BCUT2D eigenvalue weighted by atomic mass is 16.5. The molecule has 0 bridgehead atoms. The van der Waals surface area contributed by atoms with Gasteiger partial charge in [-0.15, -0.1) is 0 Å². The summed E-state index contributed by atoms with van der Waals surface area (Å²) in [6.07, 6.45) is -0.150. The van der Waals surface area contributed by atoms with Crippen molar-refractivity contribution < 1.29 is 19.3 Å². The van der Waals surface area contributed by atoms with Crippen LogP contribution in [0.3, 0.4) is 0 Å². The minimum Gasteiger partial charge on any atom is -0.507 e. The third-order valence-corrected chi connectivity index (χ3v) is 3.85. The van der Waals surface area contributed by atoms with Crippen LogP contribution < -0.4 is 25.1 Å². The third-order valence-electron chi connectivity index (χ3n) is 3.85. The zero-order valence-electron chi connectivity index (χ0n) is 13.1. The second-order valence-corrected chi connectivity index (χ2v) is 5.26. The fourth-order valence-corrected chi connectivity index (χ4v) is 2.61. The minimum absolute atomic E-state index is 0.150. The van der Waals surface area contributed by atoms with Crippen LogP contribution >= 0.6 is 0 Å². The quantitative estimate of drug-likeness (QED) is 0.784. The normalized spacial score (nSPS) is 20.3. The Kier molecular flexibility index (Phi) is 4.55. The summed E-state index contributed by atoms with van der Waals surface area (Å²) in [6.45, 7) is 0.627. The molecular formula is C17H20N2O4. The Labute approximate surface area is 135 Å². The van der Waals surface area contributed by atoms with Gasteiger partial charge < -0.3 is 19.3 Å². The number of hydrogen-bond acceptors (Lipinski definition) is 6. The van der Waals surface area contributed by atoms with Gasteiger partial charge in [-0.1, -0.05) is 0 Å². The fourth-order valence-electron chi connectivity index (χ4n) is 2.61. The Morgan fingerprint density at radius 2 is 1.61 bits per heavy atom. The number of aromatic hydroxyl groups is 1. The van der Waals surface area contributed by atoms with Gasteiger partial charge in [0.05, 0.1) is 20.3 Å². The predicted octanol–water partition coefficient (Wildman–Crippen LogP) is 2.01. The molecule has 1 heterocycles. The minimum atomic E-state index is -0.164. The average Bonchev–Trinajstić information content (AvgIpc) is 3.03. The van der Waals surface area contributed by atoms with Crippen LogP contribution in [0.5, 0.6) is 23.0 Å². The number of nitrogens with one attached hydrogen (secondary N) is 2. The molecular weight excluding hydrogens is 296 g/mol. The molecule has 0 amide bonds. The monoisotopic (exact) mass is 316 g/mol. The Hall–Kier alpha value is -2.44. The lowest BCUT2D eigenvalue weighted by molar-refractivity contribution is 0.195. The molecule has 122 valence electrons. The summed E-state index contributed by atoms with van der Waals surface area (Å²) in [5.74, 6) is 2.32. The molecule has 0 radical (unpaired) electrons. The molecule has 3 N–H and O–H groups in total. The zero-order chi connectivity index (χ0) is 16.2. The molecule has 0 aliphatic carbocycles. The van der Waals surface area contributed by atoms with Crippen LogP contribution in [-0.4, -0.2) is 32.0 Å². The SMILES string of the molecule is COc1ccc(OC2CNNC2c2ccc(OC)cc2O)cc1. The zero-order valence-corrected chi connectivity index (χ0v) is 13.1. The lowest BCUT2D eigenvalue weighted by atomic mass is 10.0. The van der Waals surface area contributed by atoms with E-state index in [-0.39, 0.29) is 17.9 Å². The van der Waals surface area contributed by atoms with E-state index in [1.165, 1.54) is 0 Å². The van der Waals surface area contributed by atoms with E-state index < -0.39 is 0 Å². The van der Waals surface area contributed by atoms with Crippen molar-refractivity contribution >= 4 is 0 Å². The summed E-state index contributed by atoms with van der Waals surface area (Å²) in [7, 11) is 3.20. The van der Waals surface area contributed by atoms with Crippen molar-refractivity contribution in [2.45, 2.75) is 12.1 Å². The molecule has 23 heavy (non-hydrogen) atoms. The molecule has 0 spiro atoms. The molecule has 1 aliphatic rings. The second kappa shape index (κ2) is 6.76. The number of phenols is 1. The molecule has 1 aliphatic heterocycles. The summed E-state index contributed by atoms with van der Waals surface area (Å²) >= 11 is 0. The van der Waals surface area contributed by atoms with E-state index >= 15 is 0 Å². The molecule has 0 aromatic heterocycles. The smallest absolute Gasteiger partial charge is 0.133 e. The second-order valence-electron chi connectivity index (χ2n) is 5.26. The molecule has 0 saturated carbocycles. The van der Waals surface area contributed by atoms with Gasteiger partial charge in [-0.3, -0.25) is 5.43 Å². The fraction of sp³-hybridized carbons (Fsp3) is 0.294. The highest BCUT2D eigenvalue weighted by Gasteiger charge is 2.32. The summed E-state index contributed by atoms with van der Waals surface area (Å²) in [4.78, 5) is 0. The molecule has 6 heteroatoms. The molecule has 3 rings (SSSR count). The van der Waals surface area contributed by atoms with E-state index in [4.69, 9.17) is 14.2 Å². The van der Waals surface area contributed by atoms with E-state index in [1.807, 2.05) is 36.4 Å². The summed E-state index contributed by atoms with van der Waals surface area (Å²) in [5, 5.41) is 10.2. The van der Waals surface area contributed by atoms with E-state index in [2.05, 4.69) is 10.9 Å². The van der Waals surface area contributed by atoms with Gasteiger partial charge in [0.2, 0.25) is 0 Å². The summed E-state index contributed by atoms with van der Waals surface area (Å²) < 4.78 is 16.3. The van der Waals surface area contributed by atoms with Crippen LogP contribution in [-0.2, 0) is 0 Å². The van der Waals surface area contributed by atoms with E-state index in [1.54, 1.807) is 20.3 Å². The number of phenolic OH excluding ortho intramolecular Hbond substituents is 1. The lowest BCUT2D eigenvalue weighted by Gasteiger charge is -2.21. The summed E-state index contributed by atoms with van der Waals surface area (Å²) in [5.41, 5.74) is 6.98. The highest BCUT2D eigenvalue weighted by molar-refractivity contribution is 5.42. The maximum atomic E-state index is 10.2. The van der Waals surface area contributed by atoms with Crippen molar-refractivity contribution in [2.75, 3.05) is 20.8 Å². The third kappa shape index (κ3) is 3.33. The van der Waals surface area contributed by atoms with Gasteiger partial charge in [0, 0.05) is 18.2 Å². The molecule has 2 aromatic carbocycles. The number of hydrazine groups is 1. The molecule has 6 nitrogen and oxygen atoms in total. The Morgan fingerprint density at radius 1 is 0.957 bits per heavy atom. The van der Waals surface area contributed by atoms with Crippen LogP contribution in [0.1, 0.15) is 11.6 Å². The van der Waals surface area contributed by atoms with Crippen molar-refractivity contribution in [1.29, 1.82) is 0 Å². The van der Waals surface area contributed by atoms with E-state index in [0.717, 1.165) is 17.1 Å². The number of hydrogen-bond donors (Lipinski definition) is 3. The molecule has 2 atom stereocenters. The molecule has 1 fully saturated rings. The van der Waals surface area contributed by atoms with E-state index in [9.17, 15) is 5.11 Å². The lowest BCUT2D eigenvalue weighted by Crippen LogP contribution is -2.28. The van der Waals surface area contributed by atoms with Crippen molar-refractivity contribution in [1.82, 2.24) is 10.9 Å². The van der Waals surface area contributed by atoms with Gasteiger partial charge in [-0.25, -0.2) is 5.43 Å². The highest BCUT2D eigenvalue weighted by Crippen LogP contribution is 2.33. The Balaban J connectivity index is 1.77. The van der Waals surface area contributed by atoms with Crippen LogP contribution in [0.4, 0.5) is 0 Å². The standard InChI is InChI=1S/C17H20N2O4/c1-21-11-3-5-12(6-4-11)23-16-10-18-19-17(16)14-8-7-13(22-2)9-15(14)20/h3-9,16-20H,10H2,1-2H3. The molecule has 2 aromatic rings. The number of benzene rings is 2. The average molecular weight is 316 g/mol.